The number of anilines is 2. The first-order chi connectivity index (χ1) is 12.1. The molecule has 0 bridgehead atoms. The minimum atomic E-state index is -3.67. The molecule has 1 N–H and O–H groups in total. The number of benzene rings is 2. The lowest BCUT2D eigenvalue weighted by Gasteiger charge is -2.30. The molecule has 0 saturated heterocycles. The van der Waals surface area contributed by atoms with Gasteiger partial charge in [-0.3, -0.25) is 9.10 Å². The zero-order chi connectivity index (χ0) is 19.5. The first-order valence-electron chi connectivity index (χ1n) is 8.26. The van der Waals surface area contributed by atoms with E-state index in [0.717, 1.165) is 21.7 Å². The largest absolute Gasteiger partial charge is 0.324 e. The van der Waals surface area contributed by atoms with Gasteiger partial charge >= 0.3 is 0 Å². The van der Waals surface area contributed by atoms with Crippen LogP contribution in [0.5, 0.6) is 0 Å². The maximum atomic E-state index is 12.9. The lowest BCUT2D eigenvalue weighted by Crippen LogP contribution is -2.47. The Hall–Kier alpha value is -2.05. The summed E-state index contributed by atoms with van der Waals surface area (Å²) >= 11 is 5.90. The maximum absolute atomic E-state index is 12.9. The molecule has 0 aromatic heterocycles. The number of halogens is 1. The molecule has 2 aromatic rings. The lowest BCUT2D eigenvalue weighted by molar-refractivity contribution is -0.117. The number of nitrogens with one attached hydrogen (secondary N) is 1. The molecule has 5 nitrogen and oxygen atoms in total. The van der Waals surface area contributed by atoms with Crippen LogP contribution in [-0.2, 0) is 14.8 Å². The normalized spacial score (nSPS) is 12.5. The molecule has 0 spiro atoms. The minimum absolute atomic E-state index is 0.326. The molecule has 0 radical (unpaired) electrons. The third kappa shape index (κ3) is 4.99. The maximum Gasteiger partial charge on any atom is 0.248 e. The zero-order valence-corrected chi connectivity index (χ0v) is 16.9. The monoisotopic (exact) mass is 394 g/mol. The summed E-state index contributed by atoms with van der Waals surface area (Å²) in [5.41, 5.74) is 3.09. The van der Waals surface area contributed by atoms with E-state index < -0.39 is 16.1 Å². The van der Waals surface area contributed by atoms with Crippen molar-refractivity contribution in [1.82, 2.24) is 0 Å². The first-order valence-corrected chi connectivity index (χ1v) is 10.5. The molecule has 0 unspecified atom stereocenters. The van der Waals surface area contributed by atoms with Gasteiger partial charge in [-0.15, -0.1) is 0 Å². The summed E-state index contributed by atoms with van der Waals surface area (Å²) < 4.78 is 25.9. The second-order valence-electron chi connectivity index (χ2n) is 6.32. The Morgan fingerprint density at radius 1 is 1.12 bits per heavy atom. The van der Waals surface area contributed by atoms with Gasteiger partial charge in [0.1, 0.15) is 6.04 Å². The van der Waals surface area contributed by atoms with Crippen molar-refractivity contribution in [1.29, 1.82) is 0 Å². The van der Waals surface area contributed by atoms with Crippen molar-refractivity contribution in [2.24, 2.45) is 0 Å². The fourth-order valence-corrected chi connectivity index (χ4v) is 4.26. The number of aryl methyl sites for hydroxylation is 2. The van der Waals surface area contributed by atoms with Crippen LogP contribution in [0.2, 0.25) is 5.02 Å². The summed E-state index contributed by atoms with van der Waals surface area (Å²) in [6.45, 7) is 5.66. The molecule has 1 amide bonds. The number of hydrogen-bond acceptors (Lipinski definition) is 3. The summed E-state index contributed by atoms with van der Waals surface area (Å²) in [5.74, 6) is -0.377. The van der Waals surface area contributed by atoms with Crippen molar-refractivity contribution in [2.45, 2.75) is 33.2 Å². The number of hydrogen-bond donors (Lipinski definition) is 1. The van der Waals surface area contributed by atoms with Crippen LogP contribution in [0.1, 0.15) is 24.5 Å². The average Bonchev–Trinajstić information content (AvgIpc) is 2.51. The van der Waals surface area contributed by atoms with Gasteiger partial charge < -0.3 is 5.32 Å². The highest BCUT2D eigenvalue weighted by molar-refractivity contribution is 7.92. The predicted molar refractivity (Wildman–Crippen MR) is 107 cm³/mol. The second kappa shape index (κ2) is 8.10. The fraction of sp³-hybridized carbons (Fsp3) is 0.316. The minimum Gasteiger partial charge on any atom is -0.324 e. The van der Waals surface area contributed by atoms with E-state index in [4.69, 9.17) is 11.6 Å². The third-order valence-corrected chi connectivity index (χ3v) is 5.33. The van der Waals surface area contributed by atoms with Crippen molar-refractivity contribution in [3.63, 3.8) is 0 Å². The molecular formula is C19H23ClN2O3S. The summed E-state index contributed by atoms with van der Waals surface area (Å²) in [4.78, 5) is 12.9. The number of carbonyl (C=O) groups excluding carboxylic acids is 1. The van der Waals surface area contributed by atoms with E-state index in [1.807, 2.05) is 32.0 Å². The molecule has 0 aliphatic rings. The lowest BCUT2D eigenvalue weighted by atomic mass is 10.1. The van der Waals surface area contributed by atoms with Gasteiger partial charge in [-0.1, -0.05) is 24.6 Å². The SMILES string of the molecule is CC[C@H](C(=O)Nc1cc(C)cc(C)c1)N(c1ccc(Cl)cc1)S(C)(=O)=O. The molecule has 2 aromatic carbocycles. The van der Waals surface area contributed by atoms with Gasteiger partial charge in [-0.25, -0.2) is 8.42 Å². The Bertz CT molecular complexity index is 875. The first kappa shape index (κ1) is 20.3. The fourth-order valence-electron chi connectivity index (χ4n) is 2.92. The van der Waals surface area contributed by atoms with Gasteiger partial charge in [-0.05, 0) is 67.8 Å². The molecule has 1 atom stereocenters. The van der Waals surface area contributed by atoms with Gasteiger partial charge in [0.15, 0.2) is 0 Å². The Morgan fingerprint density at radius 2 is 1.65 bits per heavy atom. The molecule has 140 valence electrons. The van der Waals surface area contributed by atoms with E-state index in [-0.39, 0.29) is 5.91 Å². The Kier molecular flexibility index (Phi) is 6.31. The number of amides is 1. The third-order valence-electron chi connectivity index (χ3n) is 3.90. The van der Waals surface area contributed by atoms with Crippen molar-refractivity contribution < 1.29 is 13.2 Å². The van der Waals surface area contributed by atoms with Crippen molar-refractivity contribution in [3.05, 3.63) is 58.6 Å². The van der Waals surface area contributed by atoms with Crippen LogP contribution < -0.4 is 9.62 Å². The quantitative estimate of drug-likeness (QED) is 0.800. The van der Waals surface area contributed by atoms with E-state index in [2.05, 4.69) is 5.32 Å². The van der Waals surface area contributed by atoms with Gasteiger partial charge in [-0.2, -0.15) is 0 Å². The summed E-state index contributed by atoms with van der Waals surface area (Å²) in [6, 6.07) is 11.2. The van der Waals surface area contributed by atoms with Gasteiger partial charge in [0, 0.05) is 10.7 Å². The molecule has 0 saturated carbocycles. The number of carbonyl (C=O) groups is 1. The topological polar surface area (TPSA) is 66.5 Å². The Balaban J connectivity index is 2.37. The Labute approximate surface area is 160 Å². The van der Waals surface area contributed by atoms with E-state index in [0.29, 0.717) is 22.8 Å². The molecule has 0 aliphatic carbocycles. The highest BCUT2D eigenvalue weighted by Crippen LogP contribution is 2.25. The second-order valence-corrected chi connectivity index (χ2v) is 8.62. The molecular weight excluding hydrogens is 372 g/mol. The highest BCUT2D eigenvalue weighted by Gasteiger charge is 2.31. The zero-order valence-electron chi connectivity index (χ0n) is 15.3. The predicted octanol–water partition coefficient (Wildman–Crippen LogP) is 4.14. The molecule has 0 aliphatic heterocycles. The van der Waals surface area contributed by atoms with Crippen LogP contribution in [0.4, 0.5) is 11.4 Å². The number of rotatable bonds is 6. The molecule has 7 heteroatoms. The highest BCUT2D eigenvalue weighted by atomic mass is 35.5. The molecule has 26 heavy (non-hydrogen) atoms. The van der Waals surface area contributed by atoms with Crippen molar-refractivity contribution in [3.8, 4) is 0 Å². The van der Waals surface area contributed by atoms with E-state index in [1.54, 1.807) is 31.2 Å². The van der Waals surface area contributed by atoms with E-state index in [1.165, 1.54) is 0 Å². The van der Waals surface area contributed by atoms with Crippen LogP contribution in [0.25, 0.3) is 0 Å². The van der Waals surface area contributed by atoms with Crippen LogP contribution >= 0.6 is 11.6 Å². The summed E-state index contributed by atoms with van der Waals surface area (Å²) in [6.07, 6.45) is 1.42. The van der Waals surface area contributed by atoms with Crippen molar-refractivity contribution in [2.75, 3.05) is 15.9 Å². The molecule has 2 rings (SSSR count). The van der Waals surface area contributed by atoms with Gasteiger partial charge in [0.05, 0.1) is 11.9 Å². The molecule has 0 fully saturated rings. The molecule has 0 heterocycles. The van der Waals surface area contributed by atoms with Crippen LogP contribution in [0.15, 0.2) is 42.5 Å². The van der Waals surface area contributed by atoms with E-state index in [9.17, 15) is 13.2 Å². The summed E-state index contributed by atoms with van der Waals surface area (Å²) in [5, 5.41) is 3.33. The number of nitrogens with zero attached hydrogens (tertiary/aromatic N) is 1. The van der Waals surface area contributed by atoms with Gasteiger partial charge in [0.25, 0.3) is 0 Å². The smallest absolute Gasteiger partial charge is 0.248 e. The van der Waals surface area contributed by atoms with Crippen LogP contribution in [-0.4, -0.2) is 26.6 Å². The van der Waals surface area contributed by atoms with Gasteiger partial charge in [0.2, 0.25) is 15.9 Å². The standard InChI is InChI=1S/C19H23ClN2O3S/c1-5-18(19(23)21-16-11-13(2)10-14(3)12-16)22(26(4,24)25)17-8-6-15(20)7-9-17/h6-12,18H,5H2,1-4H3,(H,21,23)/t18-/m1/s1. The average molecular weight is 395 g/mol. The summed E-state index contributed by atoms with van der Waals surface area (Å²) in [7, 11) is -3.67. The van der Waals surface area contributed by atoms with Crippen LogP contribution in [0.3, 0.4) is 0 Å². The van der Waals surface area contributed by atoms with Crippen LogP contribution in [0, 0.1) is 13.8 Å². The number of sulfonamides is 1. The van der Waals surface area contributed by atoms with Crippen molar-refractivity contribution >= 4 is 38.9 Å². The Morgan fingerprint density at radius 3 is 2.12 bits per heavy atom. The van der Waals surface area contributed by atoms with E-state index >= 15 is 0 Å².